The molecule has 4 nitrogen and oxygen atoms in total. The third-order valence-electron chi connectivity index (χ3n) is 4.95. The van der Waals surface area contributed by atoms with Crippen molar-refractivity contribution in [3.8, 4) is 0 Å². The van der Waals surface area contributed by atoms with E-state index in [9.17, 15) is 8.42 Å². The monoisotopic (exact) mass is 320 g/mol. The lowest BCUT2D eigenvalue weighted by Crippen LogP contribution is -2.39. The average Bonchev–Trinajstić information content (AvgIpc) is 2.46. The number of nitrogens with one attached hydrogen (secondary N) is 1. The van der Waals surface area contributed by atoms with Gasteiger partial charge in [-0.1, -0.05) is 43.4 Å². The van der Waals surface area contributed by atoms with Crippen LogP contribution >= 0.6 is 0 Å². The molecule has 2 fully saturated rings. The predicted molar refractivity (Wildman–Crippen MR) is 88.2 cm³/mol. The molecule has 1 aromatic rings. The van der Waals surface area contributed by atoms with Gasteiger partial charge >= 0.3 is 0 Å². The Labute approximate surface area is 133 Å². The largest absolute Gasteiger partial charge is 0.276 e. The van der Waals surface area contributed by atoms with Crippen LogP contribution in [0.5, 0.6) is 0 Å². The van der Waals surface area contributed by atoms with Gasteiger partial charge in [-0.15, -0.1) is 0 Å². The summed E-state index contributed by atoms with van der Waals surface area (Å²) in [4.78, 5) is 2.70. The molecule has 1 N–H and O–H groups in total. The van der Waals surface area contributed by atoms with Crippen LogP contribution in [0, 0.1) is 18.8 Å². The van der Waals surface area contributed by atoms with Gasteiger partial charge in [0.05, 0.1) is 4.90 Å². The highest BCUT2D eigenvalue weighted by molar-refractivity contribution is 7.89. The third-order valence-corrected chi connectivity index (χ3v) is 6.17. The molecule has 0 saturated heterocycles. The van der Waals surface area contributed by atoms with Crippen molar-refractivity contribution in [2.24, 2.45) is 16.9 Å². The summed E-state index contributed by atoms with van der Waals surface area (Å²) in [5, 5.41) is 4.24. The second kappa shape index (κ2) is 6.41. The first-order chi connectivity index (χ1) is 10.6. The van der Waals surface area contributed by atoms with E-state index in [1.807, 2.05) is 6.92 Å². The van der Waals surface area contributed by atoms with Gasteiger partial charge in [-0.25, -0.2) is 4.83 Å². The number of benzene rings is 1. The maximum atomic E-state index is 12.3. The molecular formula is C17H24N2O2S. The zero-order valence-electron chi connectivity index (χ0n) is 13.1. The van der Waals surface area contributed by atoms with Gasteiger partial charge in [0, 0.05) is 11.6 Å². The van der Waals surface area contributed by atoms with Gasteiger partial charge in [0.2, 0.25) is 0 Å². The number of hydrogen-bond acceptors (Lipinski definition) is 3. The minimum absolute atomic E-state index is 0.274. The summed E-state index contributed by atoms with van der Waals surface area (Å²) < 4.78 is 24.5. The third kappa shape index (κ3) is 3.35. The number of nitrogens with zero attached hydrogens (tertiary/aromatic N) is 1. The van der Waals surface area contributed by atoms with Gasteiger partial charge in [0.15, 0.2) is 0 Å². The summed E-state index contributed by atoms with van der Waals surface area (Å²) in [6, 6.07) is 6.85. The molecule has 120 valence electrons. The average molecular weight is 320 g/mol. The Hall–Kier alpha value is -1.36. The molecule has 0 unspecified atom stereocenters. The fraction of sp³-hybridized carbons (Fsp3) is 0.588. The number of fused-ring (bicyclic) bond motifs is 1. The van der Waals surface area contributed by atoms with Gasteiger partial charge in [-0.05, 0) is 44.2 Å². The lowest BCUT2D eigenvalue weighted by molar-refractivity contribution is 0.278. The summed E-state index contributed by atoms with van der Waals surface area (Å²) in [7, 11) is -3.54. The molecule has 2 aliphatic rings. The highest BCUT2D eigenvalue weighted by Gasteiger charge is 2.37. The maximum Gasteiger partial charge on any atom is 0.276 e. The fourth-order valence-corrected chi connectivity index (χ4v) is 4.36. The number of sulfonamides is 1. The summed E-state index contributed by atoms with van der Waals surface area (Å²) in [5.74, 6) is 1.23. The normalized spacial score (nSPS) is 27.4. The first kappa shape index (κ1) is 15.5. The van der Waals surface area contributed by atoms with E-state index in [0.29, 0.717) is 5.92 Å². The Bertz CT molecular complexity index is 650. The Morgan fingerprint density at radius 3 is 2.45 bits per heavy atom. The van der Waals surface area contributed by atoms with E-state index in [-0.39, 0.29) is 4.90 Å². The second-order valence-corrected chi connectivity index (χ2v) is 8.23. The second-order valence-electron chi connectivity index (χ2n) is 6.57. The van der Waals surface area contributed by atoms with E-state index in [1.54, 1.807) is 24.3 Å². The zero-order chi connectivity index (χ0) is 15.6. The van der Waals surface area contributed by atoms with Gasteiger partial charge in [0.1, 0.15) is 0 Å². The van der Waals surface area contributed by atoms with Crippen LogP contribution in [-0.4, -0.2) is 14.1 Å². The summed E-state index contributed by atoms with van der Waals surface area (Å²) in [6.07, 6.45) is 8.58. The minimum Gasteiger partial charge on any atom is -0.200 e. The fourth-order valence-electron chi connectivity index (χ4n) is 3.52. The molecule has 22 heavy (non-hydrogen) atoms. The Balaban J connectivity index is 1.67. The molecule has 0 amide bonds. The van der Waals surface area contributed by atoms with Crippen molar-refractivity contribution >= 4 is 15.7 Å². The van der Waals surface area contributed by atoms with E-state index in [1.165, 1.54) is 32.1 Å². The predicted octanol–water partition coefficient (Wildman–Crippen LogP) is 3.62. The van der Waals surface area contributed by atoms with Crippen LogP contribution in [0.3, 0.4) is 0 Å². The van der Waals surface area contributed by atoms with Gasteiger partial charge in [0.25, 0.3) is 10.0 Å². The van der Waals surface area contributed by atoms with E-state index in [4.69, 9.17) is 0 Å². The molecule has 0 aromatic heterocycles. The van der Waals surface area contributed by atoms with Crippen molar-refractivity contribution in [2.75, 3.05) is 0 Å². The molecule has 0 bridgehead atoms. The Morgan fingerprint density at radius 2 is 1.73 bits per heavy atom. The molecule has 0 radical (unpaired) electrons. The number of hydrogen-bond donors (Lipinski definition) is 1. The SMILES string of the molecule is Cc1ccc(S(=O)(=O)N/N=C2/C[C@@H]3CCCCCC[C@H]23)cc1. The van der Waals surface area contributed by atoms with E-state index >= 15 is 0 Å². The van der Waals surface area contributed by atoms with Crippen LogP contribution in [0.2, 0.25) is 0 Å². The highest BCUT2D eigenvalue weighted by atomic mass is 32.2. The molecule has 0 spiro atoms. The van der Waals surface area contributed by atoms with Crippen molar-refractivity contribution in [3.05, 3.63) is 29.8 Å². The summed E-state index contributed by atoms with van der Waals surface area (Å²) in [5.41, 5.74) is 2.09. The Kier molecular flexibility index (Phi) is 4.52. The summed E-state index contributed by atoms with van der Waals surface area (Å²) in [6.45, 7) is 1.94. The molecule has 3 rings (SSSR count). The van der Waals surface area contributed by atoms with E-state index in [0.717, 1.165) is 30.0 Å². The van der Waals surface area contributed by atoms with Crippen molar-refractivity contribution in [3.63, 3.8) is 0 Å². The lowest BCUT2D eigenvalue weighted by Gasteiger charge is -2.39. The van der Waals surface area contributed by atoms with Crippen LogP contribution in [0.15, 0.2) is 34.3 Å². The van der Waals surface area contributed by atoms with Gasteiger partial charge in [-0.2, -0.15) is 13.5 Å². The molecule has 5 heteroatoms. The summed E-state index contributed by atoms with van der Waals surface area (Å²) >= 11 is 0. The van der Waals surface area contributed by atoms with Gasteiger partial charge < -0.3 is 0 Å². The molecule has 2 saturated carbocycles. The van der Waals surface area contributed by atoms with Crippen molar-refractivity contribution < 1.29 is 8.42 Å². The quantitative estimate of drug-likeness (QED) is 0.865. The molecule has 2 atom stereocenters. The number of rotatable bonds is 3. The highest BCUT2D eigenvalue weighted by Crippen LogP contribution is 2.40. The van der Waals surface area contributed by atoms with Crippen LogP contribution in [0.25, 0.3) is 0 Å². The van der Waals surface area contributed by atoms with Crippen molar-refractivity contribution in [1.82, 2.24) is 4.83 Å². The van der Waals surface area contributed by atoms with E-state index in [2.05, 4.69) is 9.93 Å². The smallest absolute Gasteiger partial charge is 0.200 e. The molecule has 2 aliphatic carbocycles. The first-order valence-corrected chi connectivity index (χ1v) is 9.69. The number of aryl methyl sites for hydroxylation is 1. The van der Waals surface area contributed by atoms with Gasteiger partial charge in [-0.3, -0.25) is 0 Å². The van der Waals surface area contributed by atoms with Crippen LogP contribution in [0.4, 0.5) is 0 Å². The Morgan fingerprint density at radius 1 is 1.05 bits per heavy atom. The topological polar surface area (TPSA) is 58.5 Å². The lowest BCUT2D eigenvalue weighted by atomic mass is 9.66. The van der Waals surface area contributed by atoms with Crippen molar-refractivity contribution in [1.29, 1.82) is 0 Å². The minimum atomic E-state index is -3.54. The molecule has 1 aromatic carbocycles. The van der Waals surface area contributed by atoms with E-state index < -0.39 is 10.0 Å². The number of hydrazone groups is 1. The van der Waals surface area contributed by atoms with Crippen LogP contribution in [0.1, 0.15) is 50.5 Å². The maximum absolute atomic E-state index is 12.3. The first-order valence-electron chi connectivity index (χ1n) is 8.21. The molecule has 0 aliphatic heterocycles. The van der Waals surface area contributed by atoms with Crippen molar-refractivity contribution in [2.45, 2.75) is 56.8 Å². The molecule has 0 heterocycles. The standard InChI is InChI=1S/C17H24N2O2S/c1-13-8-10-15(11-9-13)22(20,21)19-18-17-12-14-6-4-2-3-5-7-16(14)17/h8-11,14,16,19H,2-7,12H2,1H3/b18-17-/t14-,16-/m0/s1. The molecular weight excluding hydrogens is 296 g/mol. The van der Waals surface area contributed by atoms with Crippen LogP contribution < -0.4 is 4.83 Å². The van der Waals surface area contributed by atoms with Crippen LogP contribution in [-0.2, 0) is 10.0 Å². The zero-order valence-corrected chi connectivity index (χ0v) is 13.9.